The second kappa shape index (κ2) is 10.5. The molecule has 7 rings (SSSR count). The smallest absolute Gasteiger partial charge is 0.323 e. The van der Waals surface area contributed by atoms with Crippen LogP contribution >= 0.6 is 0 Å². The number of benzene rings is 1. The highest BCUT2D eigenvalue weighted by atomic mass is 16.4. The number of para-hydroxylation sites is 2. The number of nitrogens with zero attached hydrogens (tertiary/aromatic N) is 4. The number of hydrogen-bond acceptors (Lipinski definition) is 6. The van der Waals surface area contributed by atoms with E-state index in [-0.39, 0.29) is 17.3 Å². The number of aliphatic carboxylic acids is 1. The molecule has 2 saturated heterocycles. The van der Waals surface area contributed by atoms with Gasteiger partial charge in [0, 0.05) is 24.2 Å². The Kier molecular flexibility index (Phi) is 6.79. The molecule has 4 fully saturated rings. The summed E-state index contributed by atoms with van der Waals surface area (Å²) in [5, 5.41) is 20.1. The lowest BCUT2D eigenvalue weighted by molar-refractivity contribution is -0.139. The van der Waals surface area contributed by atoms with Gasteiger partial charge in [0.15, 0.2) is 5.69 Å². The molecule has 5 aliphatic rings. The molecular weight excluding hydrogens is 504 g/mol. The van der Waals surface area contributed by atoms with Crippen LogP contribution in [-0.4, -0.2) is 66.4 Å². The lowest BCUT2D eigenvalue weighted by Crippen LogP contribution is -2.58. The Labute approximate surface area is 235 Å². The van der Waals surface area contributed by atoms with Crippen molar-refractivity contribution in [3.8, 4) is 0 Å². The van der Waals surface area contributed by atoms with Crippen molar-refractivity contribution >= 4 is 22.7 Å². The van der Waals surface area contributed by atoms with Crippen molar-refractivity contribution in [1.29, 1.82) is 0 Å². The number of aliphatic hydroxyl groups is 1. The van der Waals surface area contributed by atoms with Crippen molar-refractivity contribution in [1.82, 2.24) is 19.4 Å². The molecule has 4 bridgehead atoms. The number of hydrogen-bond donors (Lipinski definition) is 2. The summed E-state index contributed by atoms with van der Waals surface area (Å²) in [7, 11) is 0. The second-order valence-corrected chi connectivity index (χ2v) is 12.8. The molecular formula is C32H40N4O4. The molecule has 5 atom stereocenters. The maximum atomic E-state index is 14.3. The predicted octanol–water partition coefficient (Wildman–Crippen LogP) is 4.54. The van der Waals surface area contributed by atoms with Crippen molar-refractivity contribution in [2.24, 2.45) is 11.8 Å². The molecule has 3 aliphatic heterocycles. The third-order valence-corrected chi connectivity index (χ3v) is 10.4. The van der Waals surface area contributed by atoms with Crippen LogP contribution in [0.15, 0.2) is 47.3 Å². The minimum Gasteiger partial charge on any atom is -0.480 e. The first-order valence-corrected chi connectivity index (χ1v) is 15.3. The average molecular weight is 545 g/mol. The van der Waals surface area contributed by atoms with Crippen LogP contribution in [0.2, 0.25) is 0 Å². The monoisotopic (exact) mass is 544 g/mol. The summed E-state index contributed by atoms with van der Waals surface area (Å²) >= 11 is 0. The molecule has 2 aliphatic carbocycles. The van der Waals surface area contributed by atoms with Gasteiger partial charge >= 0.3 is 5.97 Å². The molecule has 2 N–H and O–H groups in total. The van der Waals surface area contributed by atoms with Crippen molar-refractivity contribution < 1.29 is 15.0 Å². The van der Waals surface area contributed by atoms with Crippen LogP contribution < -0.4 is 5.56 Å². The van der Waals surface area contributed by atoms with Crippen LogP contribution in [0.4, 0.5) is 0 Å². The topological polar surface area (TPSA) is 98.9 Å². The molecule has 0 radical (unpaired) electrons. The molecule has 8 nitrogen and oxygen atoms in total. The van der Waals surface area contributed by atoms with Crippen LogP contribution in [0.25, 0.3) is 16.7 Å². The Bertz CT molecular complexity index is 1390. The zero-order valence-electron chi connectivity index (χ0n) is 23.1. The van der Waals surface area contributed by atoms with E-state index in [1.54, 1.807) is 12.2 Å². The van der Waals surface area contributed by atoms with Crippen LogP contribution in [-0.2, 0) is 4.79 Å². The first-order valence-electron chi connectivity index (χ1n) is 15.3. The third kappa shape index (κ3) is 4.59. The standard InChI is InChI=1S/C32H40N4O4/c37-29-13-5-12-28(34(29)19-30(38)39)31-32(40)36(27-11-2-1-10-26(27)33-31)25-17-22-8-4-9-23(18-25)35(22)24-15-20-6-3-7-21(14-20)16-24/h1-2,5,10-13,20-25,29,37H,3-4,6-9,14-19H2,(H,38,39). The summed E-state index contributed by atoms with van der Waals surface area (Å²) in [6.07, 6.45) is 17.6. The Balaban J connectivity index is 1.26. The van der Waals surface area contributed by atoms with E-state index in [0.717, 1.165) is 30.2 Å². The van der Waals surface area contributed by atoms with E-state index in [2.05, 4.69) is 4.90 Å². The highest BCUT2D eigenvalue weighted by molar-refractivity contribution is 5.79. The van der Waals surface area contributed by atoms with Crippen LogP contribution in [0, 0.1) is 11.8 Å². The molecule has 4 heterocycles. The Hall–Kier alpha value is -2.97. The summed E-state index contributed by atoms with van der Waals surface area (Å²) in [5.74, 6) is 0.716. The van der Waals surface area contributed by atoms with Gasteiger partial charge < -0.3 is 19.7 Å². The average Bonchev–Trinajstić information content (AvgIpc) is 2.93. The number of allylic oxidation sites excluding steroid dienone is 2. The number of piperidine rings is 2. The van der Waals surface area contributed by atoms with Crippen molar-refractivity contribution in [3.63, 3.8) is 0 Å². The number of rotatable bonds is 5. The first-order chi connectivity index (χ1) is 19.5. The first kappa shape index (κ1) is 26.0. The quantitative estimate of drug-likeness (QED) is 0.570. The molecule has 0 amide bonds. The predicted molar refractivity (Wildman–Crippen MR) is 153 cm³/mol. The maximum absolute atomic E-state index is 14.3. The van der Waals surface area contributed by atoms with Gasteiger partial charge in [-0.2, -0.15) is 0 Å². The molecule has 0 spiro atoms. The number of carboxylic acids is 1. The van der Waals surface area contributed by atoms with Gasteiger partial charge in [0.1, 0.15) is 12.8 Å². The maximum Gasteiger partial charge on any atom is 0.323 e. The lowest BCUT2D eigenvalue weighted by Gasteiger charge is -2.55. The normalized spacial score (nSPS) is 34.1. The van der Waals surface area contributed by atoms with E-state index in [9.17, 15) is 19.8 Å². The molecule has 212 valence electrons. The number of aromatic nitrogens is 2. The second-order valence-electron chi connectivity index (χ2n) is 12.8. The fourth-order valence-corrected chi connectivity index (χ4v) is 8.95. The summed E-state index contributed by atoms with van der Waals surface area (Å²) < 4.78 is 1.96. The van der Waals surface area contributed by atoms with Crippen LogP contribution in [0.1, 0.15) is 82.4 Å². The summed E-state index contributed by atoms with van der Waals surface area (Å²) in [6.45, 7) is -0.419. The summed E-state index contributed by atoms with van der Waals surface area (Å²) in [6, 6.07) is 9.51. The van der Waals surface area contributed by atoms with Gasteiger partial charge in [0.05, 0.1) is 16.7 Å². The van der Waals surface area contributed by atoms with E-state index < -0.39 is 18.7 Å². The van der Waals surface area contributed by atoms with Gasteiger partial charge in [0.25, 0.3) is 5.56 Å². The SMILES string of the molecule is O=C(O)CN1C(c2nc3ccccc3n(C3CC4CCCC(C3)N4C3CC4CCCC(C4)C3)c2=O)=CC=CC1O. The number of aliphatic hydroxyl groups excluding tert-OH is 1. The van der Waals surface area contributed by atoms with E-state index in [1.807, 2.05) is 28.8 Å². The van der Waals surface area contributed by atoms with E-state index in [1.165, 1.54) is 68.8 Å². The zero-order valence-corrected chi connectivity index (χ0v) is 23.1. The van der Waals surface area contributed by atoms with E-state index in [4.69, 9.17) is 4.98 Å². The van der Waals surface area contributed by atoms with Gasteiger partial charge in [-0.1, -0.05) is 43.9 Å². The van der Waals surface area contributed by atoms with Gasteiger partial charge in [0.2, 0.25) is 0 Å². The zero-order chi connectivity index (χ0) is 27.4. The number of fused-ring (bicyclic) bond motifs is 5. The minimum absolute atomic E-state index is 0.0615. The van der Waals surface area contributed by atoms with Crippen LogP contribution in [0.5, 0.6) is 0 Å². The molecule has 8 heteroatoms. The molecule has 40 heavy (non-hydrogen) atoms. The lowest BCUT2D eigenvalue weighted by atomic mass is 9.68. The molecule has 1 aromatic heterocycles. The highest BCUT2D eigenvalue weighted by Gasteiger charge is 2.45. The van der Waals surface area contributed by atoms with Gasteiger partial charge in [-0.3, -0.25) is 14.5 Å². The number of carboxylic acid groups (broad SMARTS) is 1. The molecule has 1 aromatic carbocycles. The minimum atomic E-state index is -1.13. The highest BCUT2D eigenvalue weighted by Crippen LogP contribution is 2.47. The fourth-order valence-electron chi connectivity index (χ4n) is 8.95. The Morgan fingerprint density at radius 3 is 2.33 bits per heavy atom. The van der Waals surface area contributed by atoms with Gasteiger partial charge in [-0.05, 0) is 81.1 Å². The van der Waals surface area contributed by atoms with E-state index >= 15 is 0 Å². The summed E-state index contributed by atoms with van der Waals surface area (Å²) in [5.41, 5.74) is 1.90. The van der Waals surface area contributed by atoms with Gasteiger partial charge in [-0.25, -0.2) is 4.98 Å². The molecule has 2 saturated carbocycles. The fraction of sp³-hybridized carbons (Fsp3) is 0.594. The summed E-state index contributed by atoms with van der Waals surface area (Å²) in [4.78, 5) is 34.9. The van der Waals surface area contributed by atoms with Crippen LogP contribution in [0.3, 0.4) is 0 Å². The van der Waals surface area contributed by atoms with Crippen molar-refractivity contribution in [2.45, 2.75) is 101 Å². The largest absolute Gasteiger partial charge is 0.480 e. The third-order valence-electron chi connectivity index (χ3n) is 10.4. The van der Waals surface area contributed by atoms with E-state index in [0.29, 0.717) is 29.3 Å². The number of carbonyl (C=O) groups is 1. The van der Waals surface area contributed by atoms with Crippen molar-refractivity contribution in [2.75, 3.05) is 6.54 Å². The molecule has 2 aromatic rings. The molecule has 5 unspecified atom stereocenters. The van der Waals surface area contributed by atoms with Gasteiger partial charge in [-0.15, -0.1) is 0 Å². The Morgan fingerprint density at radius 1 is 0.900 bits per heavy atom. The van der Waals surface area contributed by atoms with Crippen molar-refractivity contribution in [3.05, 3.63) is 58.5 Å². The Morgan fingerprint density at radius 2 is 1.60 bits per heavy atom.